The van der Waals surface area contributed by atoms with Crippen molar-refractivity contribution in [2.24, 2.45) is 0 Å². The summed E-state index contributed by atoms with van der Waals surface area (Å²) < 4.78 is 37.6. The summed E-state index contributed by atoms with van der Waals surface area (Å²) in [4.78, 5) is 12.7. The molecule has 0 aliphatic carbocycles. The molecule has 1 unspecified atom stereocenters. The van der Waals surface area contributed by atoms with Crippen molar-refractivity contribution in [1.82, 2.24) is 4.31 Å². The Bertz CT molecular complexity index is 944. The second kappa shape index (κ2) is 9.58. The van der Waals surface area contributed by atoms with Gasteiger partial charge in [-0.05, 0) is 48.9 Å². The van der Waals surface area contributed by atoms with Crippen LogP contribution in [0.2, 0.25) is 5.02 Å². The number of rotatable bonds is 7. The Morgan fingerprint density at radius 2 is 1.90 bits per heavy atom. The summed E-state index contributed by atoms with van der Waals surface area (Å²) in [5.41, 5.74) is 0.490. The second-order valence-electron chi connectivity index (χ2n) is 6.50. The van der Waals surface area contributed by atoms with E-state index in [1.807, 2.05) is 6.92 Å². The van der Waals surface area contributed by atoms with Crippen LogP contribution >= 0.6 is 11.6 Å². The van der Waals surface area contributed by atoms with Crippen molar-refractivity contribution >= 4 is 33.2 Å². The van der Waals surface area contributed by atoms with E-state index in [0.29, 0.717) is 49.2 Å². The molecule has 1 atom stereocenters. The van der Waals surface area contributed by atoms with Crippen LogP contribution in [0.1, 0.15) is 13.3 Å². The zero-order valence-corrected chi connectivity index (χ0v) is 17.6. The SMILES string of the molecule is CCC(Oc1cccc(Cl)c1)C(=O)Nc1ccc(S(=O)(=O)N2CCOCC2)cc1. The van der Waals surface area contributed by atoms with Gasteiger partial charge in [-0.3, -0.25) is 4.79 Å². The number of ether oxygens (including phenoxy) is 2. The van der Waals surface area contributed by atoms with Gasteiger partial charge in [0.05, 0.1) is 18.1 Å². The van der Waals surface area contributed by atoms with E-state index in [1.54, 1.807) is 36.4 Å². The first-order valence-electron chi connectivity index (χ1n) is 9.31. The third-order valence-electron chi connectivity index (χ3n) is 4.47. The number of carbonyl (C=O) groups is 1. The molecule has 9 heteroatoms. The van der Waals surface area contributed by atoms with Gasteiger partial charge in [-0.2, -0.15) is 4.31 Å². The number of amides is 1. The fourth-order valence-electron chi connectivity index (χ4n) is 2.90. The third kappa shape index (κ3) is 5.48. The topological polar surface area (TPSA) is 84.9 Å². The first-order valence-corrected chi connectivity index (χ1v) is 11.1. The highest BCUT2D eigenvalue weighted by molar-refractivity contribution is 7.89. The Balaban J connectivity index is 1.65. The van der Waals surface area contributed by atoms with E-state index in [-0.39, 0.29) is 10.8 Å². The predicted molar refractivity (Wildman–Crippen MR) is 111 cm³/mol. The van der Waals surface area contributed by atoms with Gasteiger partial charge < -0.3 is 14.8 Å². The van der Waals surface area contributed by atoms with Gasteiger partial charge in [0.15, 0.2) is 6.10 Å². The van der Waals surface area contributed by atoms with Crippen LogP contribution < -0.4 is 10.1 Å². The van der Waals surface area contributed by atoms with Crippen LogP contribution in [-0.4, -0.2) is 51.0 Å². The Kier molecular flexibility index (Phi) is 7.13. The first-order chi connectivity index (χ1) is 13.9. The lowest BCUT2D eigenvalue weighted by atomic mass is 10.2. The van der Waals surface area contributed by atoms with Gasteiger partial charge in [-0.15, -0.1) is 0 Å². The molecule has 1 heterocycles. The van der Waals surface area contributed by atoms with Gasteiger partial charge in [0, 0.05) is 23.8 Å². The molecule has 2 aromatic rings. The molecular weight excluding hydrogens is 416 g/mol. The second-order valence-corrected chi connectivity index (χ2v) is 8.88. The van der Waals surface area contributed by atoms with Gasteiger partial charge in [-0.25, -0.2) is 8.42 Å². The van der Waals surface area contributed by atoms with Crippen molar-refractivity contribution in [3.63, 3.8) is 0 Å². The number of nitrogens with zero attached hydrogens (tertiary/aromatic N) is 1. The van der Waals surface area contributed by atoms with Gasteiger partial charge in [0.2, 0.25) is 10.0 Å². The van der Waals surface area contributed by atoms with Crippen molar-refractivity contribution < 1.29 is 22.7 Å². The Morgan fingerprint density at radius 1 is 1.21 bits per heavy atom. The summed E-state index contributed by atoms with van der Waals surface area (Å²) in [6.07, 6.45) is -0.243. The molecule has 0 saturated carbocycles. The maximum Gasteiger partial charge on any atom is 0.265 e. The molecule has 0 bridgehead atoms. The quantitative estimate of drug-likeness (QED) is 0.717. The Labute approximate surface area is 175 Å². The first kappa shape index (κ1) is 21.6. The number of hydrogen-bond donors (Lipinski definition) is 1. The van der Waals surface area contributed by atoms with Gasteiger partial charge >= 0.3 is 0 Å². The van der Waals surface area contributed by atoms with Crippen LogP contribution in [0.25, 0.3) is 0 Å². The summed E-state index contributed by atoms with van der Waals surface area (Å²) >= 11 is 5.95. The fraction of sp³-hybridized carbons (Fsp3) is 0.350. The summed E-state index contributed by atoms with van der Waals surface area (Å²) in [6.45, 7) is 3.28. The minimum atomic E-state index is -3.57. The van der Waals surface area contributed by atoms with Crippen LogP contribution in [0.4, 0.5) is 5.69 Å². The molecule has 2 aromatic carbocycles. The normalized spacial score (nSPS) is 16.2. The van der Waals surface area contributed by atoms with Crippen molar-refractivity contribution in [1.29, 1.82) is 0 Å². The number of hydrogen-bond acceptors (Lipinski definition) is 5. The van der Waals surface area contributed by atoms with Gasteiger partial charge in [0.1, 0.15) is 5.75 Å². The lowest BCUT2D eigenvalue weighted by Gasteiger charge is -2.26. The van der Waals surface area contributed by atoms with E-state index >= 15 is 0 Å². The van der Waals surface area contributed by atoms with E-state index in [1.165, 1.54) is 16.4 Å². The molecule has 0 radical (unpaired) electrons. The Hall–Kier alpha value is -2.13. The average molecular weight is 439 g/mol. The maximum atomic E-state index is 12.7. The monoisotopic (exact) mass is 438 g/mol. The molecule has 1 fully saturated rings. The van der Waals surface area contributed by atoms with E-state index in [2.05, 4.69) is 5.32 Å². The summed E-state index contributed by atoms with van der Waals surface area (Å²) in [5, 5.41) is 3.28. The number of morpholine rings is 1. The predicted octanol–water partition coefficient (Wildman–Crippen LogP) is 3.16. The van der Waals surface area contributed by atoms with E-state index in [0.717, 1.165) is 0 Å². The molecule has 7 nitrogen and oxygen atoms in total. The van der Waals surface area contributed by atoms with E-state index in [4.69, 9.17) is 21.1 Å². The summed E-state index contributed by atoms with van der Waals surface area (Å²) in [5.74, 6) is 0.183. The highest BCUT2D eigenvalue weighted by Gasteiger charge is 2.26. The van der Waals surface area contributed by atoms with Crippen molar-refractivity contribution in [2.45, 2.75) is 24.3 Å². The molecule has 29 heavy (non-hydrogen) atoms. The molecule has 1 aliphatic rings. The number of nitrogens with one attached hydrogen (secondary N) is 1. The van der Waals surface area contributed by atoms with E-state index in [9.17, 15) is 13.2 Å². The lowest BCUT2D eigenvalue weighted by Crippen LogP contribution is -2.40. The smallest absolute Gasteiger partial charge is 0.265 e. The van der Waals surface area contributed by atoms with Crippen LogP contribution in [0.3, 0.4) is 0 Å². The van der Waals surface area contributed by atoms with Crippen LogP contribution in [0, 0.1) is 0 Å². The number of anilines is 1. The fourth-order valence-corrected chi connectivity index (χ4v) is 4.48. The average Bonchev–Trinajstić information content (AvgIpc) is 2.73. The molecule has 0 spiro atoms. The molecule has 3 rings (SSSR count). The highest BCUT2D eigenvalue weighted by atomic mass is 35.5. The van der Waals surface area contributed by atoms with Crippen LogP contribution in [0.5, 0.6) is 5.75 Å². The largest absolute Gasteiger partial charge is 0.481 e. The molecule has 1 aliphatic heterocycles. The van der Waals surface area contributed by atoms with Crippen molar-refractivity contribution in [3.05, 3.63) is 53.6 Å². The summed E-state index contributed by atoms with van der Waals surface area (Å²) in [6, 6.07) is 12.9. The number of benzene rings is 2. The Morgan fingerprint density at radius 3 is 2.52 bits per heavy atom. The standard InChI is InChI=1S/C20H23ClN2O5S/c1-2-19(28-17-5-3-4-15(21)14-17)20(24)22-16-6-8-18(9-7-16)29(25,26)23-10-12-27-13-11-23/h3-9,14,19H,2,10-13H2,1H3,(H,22,24). The molecule has 1 saturated heterocycles. The molecule has 156 valence electrons. The molecule has 1 amide bonds. The number of halogens is 1. The number of carbonyl (C=O) groups excluding carboxylic acids is 1. The van der Waals surface area contributed by atoms with Crippen LogP contribution in [0.15, 0.2) is 53.4 Å². The van der Waals surface area contributed by atoms with Gasteiger partial charge in [-0.1, -0.05) is 24.6 Å². The number of sulfonamides is 1. The minimum Gasteiger partial charge on any atom is -0.481 e. The van der Waals surface area contributed by atoms with Crippen molar-refractivity contribution in [3.8, 4) is 5.75 Å². The molecule has 0 aromatic heterocycles. The molecular formula is C20H23ClN2O5S. The van der Waals surface area contributed by atoms with Crippen molar-refractivity contribution in [2.75, 3.05) is 31.6 Å². The van der Waals surface area contributed by atoms with Gasteiger partial charge in [0.25, 0.3) is 5.91 Å². The zero-order chi connectivity index (χ0) is 20.9. The maximum absolute atomic E-state index is 12.7. The highest BCUT2D eigenvalue weighted by Crippen LogP contribution is 2.21. The zero-order valence-electron chi connectivity index (χ0n) is 16.0. The van der Waals surface area contributed by atoms with E-state index < -0.39 is 16.1 Å². The lowest BCUT2D eigenvalue weighted by molar-refractivity contribution is -0.122. The minimum absolute atomic E-state index is 0.180. The summed E-state index contributed by atoms with van der Waals surface area (Å²) in [7, 11) is -3.57. The molecule has 1 N–H and O–H groups in total. The third-order valence-corrected chi connectivity index (χ3v) is 6.62. The van der Waals surface area contributed by atoms with Crippen LogP contribution in [-0.2, 0) is 19.6 Å².